The lowest BCUT2D eigenvalue weighted by Crippen LogP contribution is -2.17. The van der Waals surface area contributed by atoms with E-state index in [2.05, 4.69) is 4.98 Å². The van der Waals surface area contributed by atoms with Crippen LogP contribution in [-0.4, -0.2) is 28.6 Å². The molecule has 21 heavy (non-hydrogen) atoms. The van der Waals surface area contributed by atoms with Gasteiger partial charge in [0.1, 0.15) is 11.9 Å². The number of thiazole rings is 1. The van der Waals surface area contributed by atoms with E-state index in [1.807, 2.05) is 0 Å². The molecular formula is C15H14FNO2S2. The Labute approximate surface area is 130 Å². The van der Waals surface area contributed by atoms with Crippen LogP contribution in [0.3, 0.4) is 0 Å². The van der Waals surface area contributed by atoms with Gasteiger partial charge in [-0.3, -0.25) is 0 Å². The smallest absolute Gasteiger partial charge is 0.358 e. The molecule has 1 aromatic heterocycles. The molecule has 0 bridgehead atoms. The number of aromatic nitrogens is 1. The van der Waals surface area contributed by atoms with Crippen LogP contribution in [0.25, 0.3) is 0 Å². The fourth-order valence-corrected chi connectivity index (χ4v) is 3.99. The molecule has 6 heteroatoms. The summed E-state index contributed by atoms with van der Waals surface area (Å²) in [6, 6.07) is 6.60. The fraction of sp³-hybridized carbons (Fsp3) is 0.333. The monoisotopic (exact) mass is 323 g/mol. The zero-order valence-corrected chi connectivity index (χ0v) is 12.9. The molecule has 2 heterocycles. The highest BCUT2D eigenvalue weighted by molar-refractivity contribution is 7.99. The molecule has 3 nitrogen and oxygen atoms in total. The molecule has 110 valence electrons. The molecule has 2 aromatic rings. The number of thioether (sulfide) groups is 1. The van der Waals surface area contributed by atoms with E-state index >= 15 is 0 Å². The van der Waals surface area contributed by atoms with Crippen LogP contribution in [0.4, 0.5) is 4.39 Å². The van der Waals surface area contributed by atoms with E-state index in [1.54, 1.807) is 35.3 Å². The van der Waals surface area contributed by atoms with E-state index in [9.17, 15) is 9.18 Å². The molecule has 1 aromatic carbocycles. The summed E-state index contributed by atoms with van der Waals surface area (Å²) in [7, 11) is 0. The summed E-state index contributed by atoms with van der Waals surface area (Å²) in [6.45, 7) is 0. The molecule has 1 atom stereocenters. The van der Waals surface area contributed by atoms with Gasteiger partial charge in [-0.15, -0.1) is 11.3 Å². The van der Waals surface area contributed by atoms with Gasteiger partial charge in [0.05, 0.1) is 5.01 Å². The topological polar surface area (TPSA) is 39.2 Å². The summed E-state index contributed by atoms with van der Waals surface area (Å²) in [4.78, 5) is 16.2. The lowest BCUT2D eigenvalue weighted by Gasteiger charge is -2.08. The average molecular weight is 323 g/mol. The summed E-state index contributed by atoms with van der Waals surface area (Å²) in [5, 5.41) is 2.40. The van der Waals surface area contributed by atoms with Crippen molar-refractivity contribution in [3.63, 3.8) is 0 Å². The first-order chi connectivity index (χ1) is 10.2. The van der Waals surface area contributed by atoms with Crippen molar-refractivity contribution in [3.05, 3.63) is 51.7 Å². The maximum atomic E-state index is 13.6. The number of hydrogen-bond acceptors (Lipinski definition) is 5. The van der Waals surface area contributed by atoms with Crippen molar-refractivity contribution < 1.29 is 13.9 Å². The molecule has 1 fully saturated rings. The number of ether oxygens (including phenoxy) is 1. The molecule has 0 N–H and O–H groups in total. The second-order valence-corrected chi connectivity index (χ2v) is 6.88. The summed E-state index contributed by atoms with van der Waals surface area (Å²) < 4.78 is 19.0. The predicted octanol–water partition coefficient (Wildman–Crippen LogP) is 3.54. The van der Waals surface area contributed by atoms with E-state index in [4.69, 9.17) is 4.74 Å². The highest BCUT2D eigenvalue weighted by atomic mass is 32.2. The third kappa shape index (κ3) is 3.63. The minimum absolute atomic E-state index is 0.000724. The average Bonchev–Trinajstić information content (AvgIpc) is 3.13. The highest BCUT2D eigenvalue weighted by Crippen LogP contribution is 2.22. The van der Waals surface area contributed by atoms with Gasteiger partial charge >= 0.3 is 5.97 Å². The highest BCUT2D eigenvalue weighted by Gasteiger charge is 2.22. The zero-order chi connectivity index (χ0) is 14.7. The number of halogens is 1. The summed E-state index contributed by atoms with van der Waals surface area (Å²) in [5.74, 6) is 1.27. The van der Waals surface area contributed by atoms with Gasteiger partial charge < -0.3 is 4.74 Å². The van der Waals surface area contributed by atoms with E-state index in [0.29, 0.717) is 22.7 Å². The first-order valence-electron chi connectivity index (χ1n) is 6.69. The van der Waals surface area contributed by atoms with Crippen molar-refractivity contribution >= 4 is 29.1 Å². The summed E-state index contributed by atoms with van der Waals surface area (Å²) >= 11 is 3.15. The summed E-state index contributed by atoms with van der Waals surface area (Å²) in [6.07, 6.45) is 1.30. The molecule has 3 rings (SSSR count). The predicted molar refractivity (Wildman–Crippen MR) is 82.5 cm³/mol. The van der Waals surface area contributed by atoms with E-state index in [1.165, 1.54) is 17.4 Å². The number of carbonyl (C=O) groups is 1. The number of esters is 1. The number of carbonyl (C=O) groups excluding carboxylic acids is 1. The molecule has 1 saturated heterocycles. The lowest BCUT2D eigenvalue weighted by molar-refractivity contribution is 0.0350. The molecule has 1 unspecified atom stereocenters. The van der Waals surface area contributed by atoms with Crippen LogP contribution in [-0.2, 0) is 11.2 Å². The Bertz CT molecular complexity index is 638. The molecule has 0 aliphatic carbocycles. The molecular weight excluding hydrogens is 309 g/mol. The number of rotatable bonds is 4. The Kier molecular flexibility index (Phi) is 4.55. The van der Waals surface area contributed by atoms with Crippen LogP contribution in [0.1, 0.15) is 27.5 Å². The van der Waals surface area contributed by atoms with Crippen LogP contribution < -0.4 is 0 Å². The minimum atomic E-state index is -0.376. The van der Waals surface area contributed by atoms with Gasteiger partial charge in [-0.1, -0.05) is 18.2 Å². The van der Waals surface area contributed by atoms with Crippen molar-refractivity contribution in [3.8, 4) is 0 Å². The Morgan fingerprint density at radius 3 is 3.05 bits per heavy atom. The van der Waals surface area contributed by atoms with Crippen LogP contribution in [0.2, 0.25) is 0 Å². The first-order valence-corrected chi connectivity index (χ1v) is 8.72. The fourth-order valence-electron chi connectivity index (χ4n) is 2.11. The van der Waals surface area contributed by atoms with E-state index in [0.717, 1.165) is 17.9 Å². The van der Waals surface area contributed by atoms with Crippen molar-refractivity contribution in [1.82, 2.24) is 4.98 Å². The Morgan fingerprint density at radius 2 is 2.29 bits per heavy atom. The second kappa shape index (κ2) is 6.58. The SMILES string of the molecule is O=C(OC1CCSC1)c1csc(Cc2ccccc2F)n1. The molecule has 0 radical (unpaired) electrons. The second-order valence-electron chi connectivity index (χ2n) is 4.79. The van der Waals surface area contributed by atoms with Gasteiger partial charge in [-0.05, 0) is 23.8 Å². The van der Waals surface area contributed by atoms with Gasteiger partial charge in [0, 0.05) is 17.6 Å². The van der Waals surface area contributed by atoms with Crippen molar-refractivity contribution in [2.75, 3.05) is 11.5 Å². The van der Waals surface area contributed by atoms with Gasteiger partial charge in [-0.2, -0.15) is 11.8 Å². The van der Waals surface area contributed by atoms with Crippen molar-refractivity contribution in [1.29, 1.82) is 0 Å². The first kappa shape index (κ1) is 14.5. The Balaban J connectivity index is 1.65. The standard InChI is InChI=1S/C15H14FNO2S2/c16-12-4-2-1-3-10(12)7-14-17-13(9-21-14)15(18)19-11-5-6-20-8-11/h1-4,9,11H,5-8H2. The van der Waals surface area contributed by atoms with Crippen LogP contribution in [0.15, 0.2) is 29.6 Å². The number of nitrogens with zero attached hydrogens (tertiary/aromatic N) is 1. The van der Waals surface area contributed by atoms with Gasteiger partial charge in [-0.25, -0.2) is 14.2 Å². The van der Waals surface area contributed by atoms with Gasteiger partial charge in [0.25, 0.3) is 0 Å². The molecule has 0 saturated carbocycles. The van der Waals surface area contributed by atoms with E-state index < -0.39 is 0 Å². The van der Waals surface area contributed by atoms with Crippen LogP contribution >= 0.6 is 23.1 Å². The third-order valence-electron chi connectivity index (χ3n) is 3.22. The molecule has 0 spiro atoms. The minimum Gasteiger partial charge on any atom is -0.457 e. The quantitative estimate of drug-likeness (QED) is 0.807. The third-order valence-corrected chi connectivity index (χ3v) is 5.20. The maximum absolute atomic E-state index is 13.6. The number of hydrogen-bond donors (Lipinski definition) is 0. The van der Waals surface area contributed by atoms with E-state index in [-0.39, 0.29) is 17.9 Å². The summed E-state index contributed by atoms with van der Waals surface area (Å²) in [5.41, 5.74) is 0.905. The van der Waals surface area contributed by atoms with Crippen LogP contribution in [0.5, 0.6) is 0 Å². The number of benzene rings is 1. The molecule has 0 amide bonds. The molecule has 1 aliphatic heterocycles. The largest absolute Gasteiger partial charge is 0.457 e. The van der Waals surface area contributed by atoms with Gasteiger partial charge in [0.15, 0.2) is 5.69 Å². The Morgan fingerprint density at radius 1 is 1.43 bits per heavy atom. The Hall–Kier alpha value is -1.40. The molecule has 1 aliphatic rings. The lowest BCUT2D eigenvalue weighted by atomic mass is 10.1. The van der Waals surface area contributed by atoms with Gasteiger partial charge in [0.2, 0.25) is 0 Å². The zero-order valence-electron chi connectivity index (χ0n) is 11.3. The van der Waals surface area contributed by atoms with Crippen LogP contribution in [0, 0.1) is 5.82 Å². The van der Waals surface area contributed by atoms with Crippen molar-refractivity contribution in [2.45, 2.75) is 18.9 Å². The maximum Gasteiger partial charge on any atom is 0.358 e. The van der Waals surface area contributed by atoms with Crippen molar-refractivity contribution in [2.24, 2.45) is 0 Å². The normalized spacial score (nSPS) is 17.9.